The first-order valence-corrected chi connectivity index (χ1v) is 10.4. The normalized spacial score (nSPS) is 17.3. The van der Waals surface area contributed by atoms with Crippen LogP contribution in [0.4, 0.5) is 8.78 Å². The van der Waals surface area contributed by atoms with Gasteiger partial charge in [0.1, 0.15) is 11.6 Å². The van der Waals surface area contributed by atoms with Crippen molar-refractivity contribution in [1.82, 2.24) is 14.8 Å². The van der Waals surface area contributed by atoms with Crippen LogP contribution in [0.3, 0.4) is 0 Å². The number of hydrogen-bond donors (Lipinski definition) is 0. The molecule has 1 fully saturated rings. The fourth-order valence-corrected chi connectivity index (χ4v) is 4.00. The maximum Gasteiger partial charge on any atom is 0.236 e. The third kappa shape index (κ3) is 5.38. The highest BCUT2D eigenvalue weighted by Gasteiger charge is 2.25. The largest absolute Gasteiger partial charge is 0.342 e. The van der Waals surface area contributed by atoms with Gasteiger partial charge in [0.25, 0.3) is 0 Å². The molecule has 2 aromatic rings. The lowest BCUT2D eigenvalue weighted by Gasteiger charge is -2.33. The number of likely N-dealkylation sites (N-methyl/N-ethyl adjacent to an activating group) is 1. The van der Waals surface area contributed by atoms with Gasteiger partial charge in [-0.05, 0) is 57.0 Å². The first-order valence-electron chi connectivity index (χ1n) is 10.4. The van der Waals surface area contributed by atoms with Crippen LogP contribution in [0.5, 0.6) is 0 Å². The molecule has 0 spiro atoms. The molecule has 0 saturated carbocycles. The van der Waals surface area contributed by atoms with Gasteiger partial charge in [-0.3, -0.25) is 14.7 Å². The topological polar surface area (TPSA) is 36.4 Å². The second kappa shape index (κ2) is 9.92. The molecule has 1 aromatic heterocycles. The maximum absolute atomic E-state index is 13.9. The molecule has 2 heterocycles. The van der Waals surface area contributed by atoms with Crippen molar-refractivity contribution in [2.45, 2.75) is 39.0 Å². The second-order valence-electron chi connectivity index (χ2n) is 7.61. The Morgan fingerprint density at radius 1 is 1.17 bits per heavy atom. The summed E-state index contributed by atoms with van der Waals surface area (Å²) < 4.78 is 27.7. The Hall–Kier alpha value is -2.34. The quantitative estimate of drug-likeness (QED) is 0.704. The van der Waals surface area contributed by atoms with Crippen molar-refractivity contribution in [2.24, 2.45) is 0 Å². The summed E-state index contributed by atoms with van der Waals surface area (Å²) in [6.45, 7) is 7.65. The van der Waals surface area contributed by atoms with Crippen molar-refractivity contribution in [1.29, 1.82) is 0 Å². The van der Waals surface area contributed by atoms with Gasteiger partial charge in [-0.25, -0.2) is 8.78 Å². The van der Waals surface area contributed by atoms with Crippen LogP contribution in [-0.2, 0) is 11.2 Å². The Morgan fingerprint density at radius 3 is 2.52 bits per heavy atom. The van der Waals surface area contributed by atoms with E-state index in [4.69, 9.17) is 0 Å². The number of rotatable bonds is 7. The number of hydrogen-bond acceptors (Lipinski definition) is 3. The highest BCUT2D eigenvalue weighted by molar-refractivity contribution is 5.78. The maximum atomic E-state index is 13.9. The van der Waals surface area contributed by atoms with E-state index >= 15 is 0 Å². The lowest BCUT2D eigenvalue weighted by atomic mass is 9.93. The fraction of sp³-hybridized carbons (Fsp3) is 0.478. The van der Waals surface area contributed by atoms with E-state index in [1.807, 2.05) is 30.9 Å². The molecule has 0 aliphatic carbocycles. The number of amides is 1. The number of halogens is 2. The summed E-state index contributed by atoms with van der Waals surface area (Å²) >= 11 is 0. The van der Waals surface area contributed by atoms with E-state index < -0.39 is 11.6 Å². The standard InChI is InChI=1S/C23H29F2N3O/c1-3-28(4-2)23(29)16-27-12-6-7-18(15-27)22-11-10-17(14-26-22)13-19-20(24)8-5-9-21(19)25/h5,8-11,14,18H,3-4,6-7,12-13,15-16H2,1-2H3/t18-/m0/s1. The van der Waals surface area contributed by atoms with E-state index in [9.17, 15) is 13.6 Å². The van der Waals surface area contributed by atoms with E-state index in [0.717, 1.165) is 50.3 Å². The molecule has 0 unspecified atom stereocenters. The molecular weight excluding hydrogens is 372 g/mol. The molecule has 3 rings (SSSR count). The molecule has 1 aromatic carbocycles. The predicted molar refractivity (Wildman–Crippen MR) is 110 cm³/mol. The average Bonchev–Trinajstić information content (AvgIpc) is 2.72. The molecule has 1 saturated heterocycles. The third-order valence-electron chi connectivity index (χ3n) is 5.69. The van der Waals surface area contributed by atoms with Crippen molar-refractivity contribution in [3.63, 3.8) is 0 Å². The number of benzene rings is 1. The first kappa shape index (κ1) is 21.4. The van der Waals surface area contributed by atoms with Crippen LogP contribution in [0, 0.1) is 11.6 Å². The number of nitrogens with zero attached hydrogens (tertiary/aromatic N) is 3. The summed E-state index contributed by atoms with van der Waals surface area (Å²) in [4.78, 5) is 21.0. The molecule has 1 amide bonds. The molecule has 29 heavy (non-hydrogen) atoms. The van der Waals surface area contributed by atoms with Gasteiger partial charge in [-0.2, -0.15) is 0 Å². The Labute approximate surface area is 171 Å². The molecule has 0 radical (unpaired) electrons. The summed E-state index contributed by atoms with van der Waals surface area (Å²) in [6.07, 6.45) is 3.95. The summed E-state index contributed by atoms with van der Waals surface area (Å²) in [5.41, 5.74) is 1.82. The molecule has 4 nitrogen and oxygen atoms in total. The monoisotopic (exact) mass is 401 g/mol. The van der Waals surface area contributed by atoms with Gasteiger partial charge < -0.3 is 4.90 Å². The van der Waals surface area contributed by atoms with Gasteiger partial charge in [0, 0.05) is 49.4 Å². The fourth-order valence-electron chi connectivity index (χ4n) is 4.00. The van der Waals surface area contributed by atoms with E-state index in [1.54, 1.807) is 6.20 Å². The first-order chi connectivity index (χ1) is 14.0. The van der Waals surface area contributed by atoms with Gasteiger partial charge in [-0.15, -0.1) is 0 Å². The van der Waals surface area contributed by atoms with Gasteiger partial charge in [-0.1, -0.05) is 12.1 Å². The summed E-state index contributed by atoms with van der Waals surface area (Å²) in [7, 11) is 0. The SMILES string of the molecule is CCN(CC)C(=O)CN1CCC[C@H](c2ccc(Cc3c(F)cccc3F)cn2)C1. The van der Waals surface area contributed by atoms with Crippen molar-refractivity contribution in [2.75, 3.05) is 32.7 Å². The number of aromatic nitrogens is 1. The highest BCUT2D eigenvalue weighted by atomic mass is 19.1. The van der Waals surface area contributed by atoms with E-state index in [1.165, 1.54) is 18.2 Å². The van der Waals surface area contributed by atoms with Gasteiger partial charge in [0.2, 0.25) is 5.91 Å². The zero-order valence-electron chi connectivity index (χ0n) is 17.2. The number of likely N-dealkylation sites (tertiary alicyclic amines) is 1. The third-order valence-corrected chi connectivity index (χ3v) is 5.69. The van der Waals surface area contributed by atoms with Crippen LogP contribution in [-0.4, -0.2) is 53.4 Å². The molecule has 6 heteroatoms. The van der Waals surface area contributed by atoms with Gasteiger partial charge in [0.15, 0.2) is 0 Å². The van der Waals surface area contributed by atoms with Crippen LogP contribution in [0.15, 0.2) is 36.5 Å². The molecule has 1 aliphatic rings. The van der Waals surface area contributed by atoms with Crippen molar-refractivity contribution < 1.29 is 13.6 Å². The molecular formula is C23H29F2N3O. The Kier molecular flexibility index (Phi) is 7.31. The van der Waals surface area contributed by atoms with E-state index in [0.29, 0.717) is 6.54 Å². The number of carbonyl (C=O) groups excluding carboxylic acids is 1. The minimum absolute atomic E-state index is 0.0702. The lowest BCUT2D eigenvalue weighted by molar-refractivity contribution is -0.132. The zero-order chi connectivity index (χ0) is 20.8. The number of pyridine rings is 1. The Bertz CT molecular complexity index is 801. The molecule has 1 aliphatic heterocycles. The van der Waals surface area contributed by atoms with Crippen LogP contribution < -0.4 is 0 Å². The molecule has 0 N–H and O–H groups in total. The minimum atomic E-state index is -0.533. The van der Waals surface area contributed by atoms with Crippen molar-refractivity contribution >= 4 is 5.91 Å². The summed E-state index contributed by atoms with van der Waals surface area (Å²) in [6, 6.07) is 7.77. The molecule has 0 bridgehead atoms. The van der Waals surface area contributed by atoms with E-state index in [-0.39, 0.29) is 23.8 Å². The summed E-state index contributed by atoms with van der Waals surface area (Å²) in [5.74, 6) is -0.622. The van der Waals surface area contributed by atoms with Gasteiger partial charge >= 0.3 is 0 Å². The summed E-state index contributed by atoms with van der Waals surface area (Å²) in [5, 5.41) is 0. The smallest absolute Gasteiger partial charge is 0.236 e. The molecule has 1 atom stereocenters. The highest BCUT2D eigenvalue weighted by Crippen LogP contribution is 2.26. The van der Waals surface area contributed by atoms with Gasteiger partial charge in [0.05, 0.1) is 6.54 Å². The minimum Gasteiger partial charge on any atom is -0.342 e. The second-order valence-corrected chi connectivity index (χ2v) is 7.61. The lowest BCUT2D eigenvalue weighted by Crippen LogP contribution is -2.43. The average molecular weight is 402 g/mol. The number of piperidine rings is 1. The zero-order valence-corrected chi connectivity index (χ0v) is 17.2. The Morgan fingerprint density at radius 2 is 1.90 bits per heavy atom. The predicted octanol–water partition coefficient (Wildman–Crippen LogP) is 4.00. The van der Waals surface area contributed by atoms with Crippen LogP contribution >= 0.6 is 0 Å². The van der Waals surface area contributed by atoms with Crippen LogP contribution in [0.1, 0.15) is 49.4 Å². The molecule has 156 valence electrons. The van der Waals surface area contributed by atoms with Crippen LogP contribution in [0.2, 0.25) is 0 Å². The van der Waals surface area contributed by atoms with Crippen LogP contribution in [0.25, 0.3) is 0 Å². The van der Waals surface area contributed by atoms with Crippen molar-refractivity contribution in [3.05, 3.63) is 65.0 Å². The van der Waals surface area contributed by atoms with Crippen molar-refractivity contribution in [3.8, 4) is 0 Å². The number of carbonyl (C=O) groups is 1. The van der Waals surface area contributed by atoms with E-state index in [2.05, 4.69) is 9.88 Å². The Balaban J connectivity index is 1.63.